The Hall–Kier alpha value is -1.19. The molecule has 2 N–H and O–H groups in total. The van der Waals surface area contributed by atoms with Crippen LogP contribution in [0.5, 0.6) is 0 Å². The fourth-order valence-corrected chi connectivity index (χ4v) is 1.03. The van der Waals surface area contributed by atoms with Crippen molar-refractivity contribution in [2.45, 2.75) is 6.10 Å². The third kappa shape index (κ3) is 3.36. The zero-order valence-corrected chi connectivity index (χ0v) is 7.48. The molecule has 1 aromatic heterocycles. The van der Waals surface area contributed by atoms with E-state index in [0.29, 0.717) is 13.1 Å². The quantitative estimate of drug-likeness (QED) is 0.520. The van der Waals surface area contributed by atoms with Gasteiger partial charge in [-0.15, -0.1) is 6.58 Å². The van der Waals surface area contributed by atoms with Gasteiger partial charge in [0.25, 0.3) is 0 Å². The summed E-state index contributed by atoms with van der Waals surface area (Å²) in [5, 5.41) is 12.7. The summed E-state index contributed by atoms with van der Waals surface area (Å²) in [5.41, 5.74) is 0.881. The van der Waals surface area contributed by atoms with E-state index in [0.717, 1.165) is 5.56 Å². The standard InChI is InChI=1S/C10H14N2O/c1-2-5-12-8-10(13)9-3-6-11-7-4-9/h2-4,6-7,10,12-13H,1,5,8H2. The Morgan fingerprint density at radius 3 is 2.85 bits per heavy atom. The monoisotopic (exact) mass is 178 g/mol. The molecule has 3 heteroatoms. The summed E-state index contributed by atoms with van der Waals surface area (Å²) in [5.74, 6) is 0. The number of hydrogen-bond donors (Lipinski definition) is 2. The van der Waals surface area contributed by atoms with Crippen molar-refractivity contribution >= 4 is 0 Å². The van der Waals surface area contributed by atoms with Crippen molar-refractivity contribution in [1.29, 1.82) is 0 Å². The molecule has 1 heterocycles. The minimum absolute atomic E-state index is 0.469. The maximum atomic E-state index is 9.62. The van der Waals surface area contributed by atoms with E-state index in [9.17, 15) is 5.11 Å². The molecule has 0 aliphatic rings. The highest BCUT2D eigenvalue weighted by Gasteiger charge is 2.04. The molecule has 0 amide bonds. The SMILES string of the molecule is C=CCNCC(O)c1ccncc1. The van der Waals surface area contributed by atoms with Gasteiger partial charge in [0, 0.05) is 25.5 Å². The Morgan fingerprint density at radius 1 is 1.54 bits per heavy atom. The lowest BCUT2D eigenvalue weighted by molar-refractivity contribution is 0.176. The van der Waals surface area contributed by atoms with Gasteiger partial charge >= 0.3 is 0 Å². The molecule has 0 fully saturated rings. The molecule has 0 saturated carbocycles. The predicted molar refractivity (Wildman–Crippen MR) is 52.3 cm³/mol. The van der Waals surface area contributed by atoms with Crippen LogP contribution < -0.4 is 5.32 Å². The van der Waals surface area contributed by atoms with E-state index < -0.39 is 6.10 Å². The fraction of sp³-hybridized carbons (Fsp3) is 0.300. The normalized spacial score (nSPS) is 12.4. The number of rotatable bonds is 5. The number of aliphatic hydroxyl groups excluding tert-OH is 1. The Bertz CT molecular complexity index is 248. The minimum atomic E-state index is -0.469. The van der Waals surface area contributed by atoms with Gasteiger partial charge in [-0.25, -0.2) is 0 Å². The van der Waals surface area contributed by atoms with Crippen molar-refractivity contribution in [1.82, 2.24) is 10.3 Å². The highest BCUT2D eigenvalue weighted by molar-refractivity contribution is 5.13. The van der Waals surface area contributed by atoms with Gasteiger partial charge in [0.2, 0.25) is 0 Å². The smallest absolute Gasteiger partial charge is 0.0915 e. The summed E-state index contributed by atoms with van der Waals surface area (Å²) in [4.78, 5) is 3.88. The Morgan fingerprint density at radius 2 is 2.23 bits per heavy atom. The second kappa shape index (κ2) is 5.45. The topological polar surface area (TPSA) is 45.1 Å². The van der Waals surface area contributed by atoms with Gasteiger partial charge in [0.05, 0.1) is 6.10 Å². The van der Waals surface area contributed by atoms with Gasteiger partial charge in [0.1, 0.15) is 0 Å². The zero-order valence-electron chi connectivity index (χ0n) is 7.48. The van der Waals surface area contributed by atoms with Gasteiger partial charge in [0.15, 0.2) is 0 Å². The molecule has 1 aromatic rings. The number of hydrogen-bond acceptors (Lipinski definition) is 3. The largest absolute Gasteiger partial charge is 0.387 e. The van der Waals surface area contributed by atoms with Crippen molar-refractivity contribution in [2.75, 3.05) is 13.1 Å². The molecule has 0 aliphatic carbocycles. The maximum Gasteiger partial charge on any atom is 0.0915 e. The van der Waals surface area contributed by atoms with E-state index in [-0.39, 0.29) is 0 Å². The number of nitrogens with one attached hydrogen (secondary N) is 1. The van der Waals surface area contributed by atoms with Crippen LogP contribution in [0, 0.1) is 0 Å². The van der Waals surface area contributed by atoms with Crippen LogP contribution in [0.2, 0.25) is 0 Å². The molecule has 1 rings (SSSR count). The lowest BCUT2D eigenvalue weighted by Gasteiger charge is -2.10. The van der Waals surface area contributed by atoms with E-state index in [1.165, 1.54) is 0 Å². The Kier molecular flexibility index (Phi) is 4.15. The average molecular weight is 178 g/mol. The molecule has 0 radical (unpaired) electrons. The number of pyridine rings is 1. The molecule has 0 spiro atoms. The van der Waals surface area contributed by atoms with E-state index >= 15 is 0 Å². The van der Waals surface area contributed by atoms with Crippen molar-refractivity contribution in [2.24, 2.45) is 0 Å². The fourth-order valence-electron chi connectivity index (χ4n) is 1.03. The molecular weight excluding hydrogens is 164 g/mol. The van der Waals surface area contributed by atoms with E-state index in [4.69, 9.17) is 0 Å². The van der Waals surface area contributed by atoms with Crippen LogP contribution in [-0.2, 0) is 0 Å². The van der Waals surface area contributed by atoms with Gasteiger partial charge in [-0.1, -0.05) is 6.08 Å². The molecule has 70 valence electrons. The van der Waals surface area contributed by atoms with Gasteiger partial charge in [-0.05, 0) is 17.7 Å². The zero-order chi connectivity index (χ0) is 9.52. The number of aliphatic hydroxyl groups is 1. The van der Waals surface area contributed by atoms with Crippen molar-refractivity contribution < 1.29 is 5.11 Å². The molecule has 1 unspecified atom stereocenters. The van der Waals surface area contributed by atoms with Gasteiger partial charge in [-0.2, -0.15) is 0 Å². The molecule has 0 aromatic carbocycles. The van der Waals surface area contributed by atoms with Crippen LogP contribution in [-0.4, -0.2) is 23.2 Å². The van der Waals surface area contributed by atoms with Crippen LogP contribution in [0.3, 0.4) is 0 Å². The predicted octanol–water partition coefficient (Wildman–Crippen LogP) is 0.891. The average Bonchev–Trinajstić information content (AvgIpc) is 2.19. The molecule has 0 saturated heterocycles. The summed E-state index contributed by atoms with van der Waals surface area (Å²) in [6, 6.07) is 3.61. The Labute approximate surface area is 78.1 Å². The van der Waals surface area contributed by atoms with E-state index in [1.807, 2.05) is 0 Å². The Balaban J connectivity index is 2.39. The highest BCUT2D eigenvalue weighted by atomic mass is 16.3. The molecule has 0 aliphatic heterocycles. The van der Waals surface area contributed by atoms with Crippen LogP contribution in [0.25, 0.3) is 0 Å². The summed E-state index contributed by atoms with van der Waals surface area (Å²) < 4.78 is 0. The van der Waals surface area contributed by atoms with Crippen LogP contribution in [0.15, 0.2) is 37.2 Å². The first-order valence-corrected chi connectivity index (χ1v) is 4.24. The number of nitrogens with zero attached hydrogens (tertiary/aromatic N) is 1. The van der Waals surface area contributed by atoms with E-state index in [1.54, 1.807) is 30.6 Å². The summed E-state index contributed by atoms with van der Waals surface area (Å²) in [6.45, 7) is 4.82. The summed E-state index contributed by atoms with van der Waals surface area (Å²) >= 11 is 0. The first-order valence-electron chi connectivity index (χ1n) is 4.24. The summed E-state index contributed by atoms with van der Waals surface area (Å²) in [6.07, 6.45) is 4.64. The van der Waals surface area contributed by atoms with Crippen molar-refractivity contribution in [3.8, 4) is 0 Å². The molecule has 3 nitrogen and oxygen atoms in total. The van der Waals surface area contributed by atoms with Crippen molar-refractivity contribution in [3.05, 3.63) is 42.7 Å². The van der Waals surface area contributed by atoms with Gasteiger partial charge in [-0.3, -0.25) is 4.98 Å². The van der Waals surface area contributed by atoms with Gasteiger partial charge < -0.3 is 10.4 Å². The first kappa shape index (κ1) is 9.89. The third-order valence-electron chi connectivity index (χ3n) is 1.72. The second-order valence-electron chi connectivity index (χ2n) is 2.74. The van der Waals surface area contributed by atoms with Crippen LogP contribution in [0.4, 0.5) is 0 Å². The maximum absolute atomic E-state index is 9.62. The third-order valence-corrected chi connectivity index (χ3v) is 1.72. The first-order chi connectivity index (χ1) is 6.34. The molecule has 1 atom stereocenters. The number of aromatic nitrogens is 1. The summed E-state index contributed by atoms with van der Waals surface area (Å²) in [7, 11) is 0. The highest BCUT2D eigenvalue weighted by Crippen LogP contribution is 2.08. The molecular formula is C10H14N2O. The lowest BCUT2D eigenvalue weighted by Crippen LogP contribution is -2.21. The van der Waals surface area contributed by atoms with Crippen LogP contribution >= 0.6 is 0 Å². The molecule has 0 bridgehead atoms. The second-order valence-corrected chi connectivity index (χ2v) is 2.74. The van der Waals surface area contributed by atoms with E-state index in [2.05, 4.69) is 16.9 Å². The minimum Gasteiger partial charge on any atom is -0.387 e. The van der Waals surface area contributed by atoms with Crippen LogP contribution in [0.1, 0.15) is 11.7 Å². The van der Waals surface area contributed by atoms with Crippen molar-refractivity contribution in [3.63, 3.8) is 0 Å². The molecule has 13 heavy (non-hydrogen) atoms. The lowest BCUT2D eigenvalue weighted by atomic mass is 10.1.